The molecule has 3 fully saturated rings. The molecule has 3 aromatic carbocycles. The summed E-state index contributed by atoms with van der Waals surface area (Å²) in [7, 11) is 0. The van der Waals surface area contributed by atoms with Crippen molar-refractivity contribution in [1.29, 1.82) is 0 Å². The third-order valence-corrected chi connectivity index (χ3v) is 24.9. The minimum absolute atomic E-state index is 0.374. The zero-order valence-electron chi connectivity index (χ0n) is 57.7. The minimum atomic E-state index is -5.55. The van der Waals surface area contributed by atoms with Gasteiger partial charge < -0.3 is 0 Å². The highest BCUT2D eigenvalue weighted by Gasteiger charge is 2.72. The maximum atomic E-state index is 14.0. The largest absolute Gasteiger partial charge is 0.411 e. The first-order valence-corrected chi connectivity index (χ1v) is 33.6. The van der Waals surface area contributed by atoms with Gasteiger partial charge in [-0.25, -0.2) is 0 Å². The summed E-state index contributed by atoms with van der Waals surface area (Å²) in [6.45, 7) is 56.2. The fourth-order valence-electron chi connectivity index (χ4n) is 15.6. The SMILES string of the molecule is CC1C(C)C(C)C1C.CC1C(C)C2C=CC1C(C)C2C.CC1CC(C)C(C)CC1C.CCC(C)C1C=C(C)C(C)C(C)C1.CCC(C)C1CC(C)C(C)c2ccccc21.Cc1ccc(C(c2ccc(C)c(C)c2)(C(F)(F)F)C(F)(F)F)cc1C. The molecular formula is C78H122F6. The van der Waals surface area contributed by atoms with Gasteiger partial charge in [0.2, 0.25) is 5.41 Å². The Morgan fingerprint density at radius 3 is 1.10 bits per heavy atom. The molecule has 476 valence electrons. The van der Waals surface area contributed by atoms with E-state index in [4.69, 9.17) is 0 Å². The second kappa shape index (κ2) is 30.8. The number of rotatable bonds is 6. The number of alkyl halides is 6. The van der Waals surface area contributed by atoms with E-state index in [1.807, 2.05) is 0 Å². The summed E-state index contributed by atoms with van der Waals surface area (Å²) in [6.07, 6.45) is 4.64. The molecule has 0 spiro atoms. The Hall–Kier alpha value is -3.28. The zero-order valence-corrected chi connectivity index (χ0v) is 57.7. The number of fused-ring (bicyclic) bond motifs is 3. The van der Waals surface area contributed by atoms with Gasteiger partial charge in [0.1, 0.15) is 0 Å². The molecule has 0 saturated heterocycles. The second-order valence-corrected chi connectivity index (χ2v) is 29.7. The third-order valence-electron chi connectivity index (χ3n) is 24.9. The van der Waals surface area contributed by atoms with Gasteiger partial charge >= 0.3 is 12.4 Å². The van der Waals surface area contributed by atoms with Gasteiger partial charge in [-0.1, -0.05) is 236 Å². The van der Waals surface area contributed by atoms with E-state index >= 15 is 0 Å². The van der Waals surface area contributed by atoms with E-state index in [1.165, 1.54) is 64.5 Å². The van der Waals surface area contributed by atoms with E-state index in [9.17, 15) is 26.3 Å². The molecule has 0 aliphatic heterocycles. The molecule has 0 heterocycles. The first-order chi connectivity index (χ1) is 38.9. The van der Waals surface area contributed by atoms with E-state index in [-0.39, 0.29) is 0 Å². The first kappa shape index (κ1) is 73.2. The van der Waals surface area contributed by atoms with Crippen LogP contribution in [-0.4, -0.2) is 12.4 Å². The molecule has 10 rings (SSSR count). The minimum Gasteiger partial charge on any atom is -0.169 e. The highest BCUT2D eigenvalue weighted by molar-refractivity contribution is 5.48. The van der Waals surface area contributed by atoms with Gasteiger partial charge in [0.05, 0.1) is 0 Å². The monoisotopic (exact) mass is 1170 g/mol. The summed E-state index contributed by atoms with van der Waals surface area (Å²) in [5.74, 6) is 19.7. The summed E-state index contributed by atoms with van der Waals surface area (Å²) in [6, 6.07) is 15.5. The van der Waals surface area contributed by atoms with Gasteiger partial charge in [-0.2, -0.15) is 26.3 Å². The van der Waals surface area contributed by atoms with E-state index < -0.39 is 28.9 Å². The maximum absolute atomic E-state index is 14.0. The van der Waals surface area contributed by atoms with Crippen molar-refractivity contribution in [3.05, 3.63) is 129 Å². The summed E-state index contributed by atoms with van der Waals surface area (Å²) in [5.41, 5.74) is 1.13. The van der Waals surface area contributed by atoms with E-state index in [0.29, 0.717) is 22.3 Å². The van der Waals surface area contributed by atoms with Crippen molar-refractivity contribution in [3.8, 4) is 0 Å². The standard InChI is InChI=1S/C19H18F6.C16H24.C13H24.C12H20.C10H20.C8H16/c1-11-5-7-15(9-13(11)3)17(18(20,21)22,19(23,24)25)16-8-6-12(2)14(4)10-16;1-5-11(2)16-10-12(3)13(4)14-8-6-7-9-15(14)16;1-6-9(2)13-7-10(3)12(5)11(4)8-13;1-7-8(2)12-6-5-11(7)9(3)10(12)4;1-7-5-9(3)10(4)6-8(7)2;1-5-6(2)8(4)7(5)3/h5-10H,1-4H3;6-9,11-13,16H,5,10H2,1-4H3;7,9,11-13H,6,8H2,1-5H3;5-12H,1-4H3;7-10H,5-6H2,1-4H3;5-8H,1-4H3. The van der Waals surface area contributed by atoms with E-state index in [2.05, 4.69) is 188 Å². The van der Waals surface area contributed by atoms with Crippen LogP contribution in [0, 0.1) is 146 Å². The molecule has 0 radical (unpaired) electrons. The van der Waals surface area contributed by atoms with Gasteiger partial charge in [-0.15, -0.1) is 0 Å². The number of benzene rings is 3. The lowest BCUT2D eigenvalue weighted by Gasteiger charge is -2.50. The van der Waals surface area contributed by atoms with Gasteiger partial charge in [0, 0.05) is 0 Å². The first-order valence-electron chi connectivity index (χ1n) is 33.6. The molecule has 0 nitrogen and oxygen atoms in total. The van der Waals surface area contributed by atoms with Crippen molar-refractivity contribution in [2.45, 2.75) is 241 Å². The average Bonchev–Trinajstić information content (AvgIpc) is 2.88. The van der Waals surface area contributed by atoms with E-state index in [1.54, 1.807) is 30.5 Å². The molecule has 7 aliphatic carbocycles. The Bertz CT molecular complexity index is 2380. The van der Waals surface area contributed by atoms with Crippen LogP contribution in [0.1, 0.15) is 240 Å². The number of allylic oxidation sites excluding steroid dienone is 4. The lowest BCUT2D eigenvalue weighted by atomic mass is 9.55. The molecule has 3 saturated carbocycles. The molecule has 3 aromatic rings. The Kier molecular flexibility index (Phi) is 26.8. The lowest BCUT2D eigenvalue weighted by molar-refractivity contribution is -0.288. The van der Waals surface area contributed by atoms with Crippen molar-refractivity contribution in [3.63, 3.8) is 0 Å². The van der Waals surface area contributed by atoms with E-state index in [0.717, 1.165) is 154 Å². The number of halogens is 6. The fourth-order valence-corrected chi connectivity index (χ4v) is 15.6. The van der Waals surface area contributed by atoms with Crippen molar-refractivity contribution in [2.24, 2.45) is 118 Å². The van der Waals surface area contributed by atoms with Gasteiger partial charge in [0.25, 0.3) is 0 Å². The third kappa shape index (κ3) is 16.7. The summed E-state index contributed by atoms with van der Waals surface area (Å²) in [5, 5.41) is 0. The number of hydrogen-bond donors (Lipinski definition) is 0. The van der Waals surface area contributed by atoms with Crippen LogP contribution in [-0.2, 0) is 5.41 Å². The maximum Gasteiger partial charge on any atom is 0.411 e. The summed E-state index contributed by atoms with van der Waals surface area (Å²) >= 11 is 0. The Morgan fingerprint density at radius 1 is 0.405 bits per heavy atom. The molecule has 7 aliphatic rings. The Labute approximate surface area is 512 Å². The van der Waals surface area contributed by atoms with Crippen LogP contribution >= 0.6 is 0 Å². The topological polar surface area (TPSA) is 0 Å². The quantitative estimate of drug-likeness (QED) is 0.170. The van der Waals surface area contributed by atoms with Crippen molar-refractivity contribution in [1.82, 2.24) is 0 Å². The van der Waals surface area contributed by atoms with Crippen molar-refractivity contribution < 1.29 is 26.3 Å². The molecule has 0 N–H and O–H groups in total. The molecule has 16 atom stereocenters. The zero-order chi connectivity index (χ0) is 63.8. The number of hydrogen-bond acceptors (Lipinski definition) is 0. The molecular weight excluding hydrogens is 1050 g/mol. The number of aryl methyl sites for hydroxylation is 4. The molecule has 2 bridgehead atoms. The lowest BCUT2D eigenvalue weighted by Crippen LogP contribution is -2.54. The molecule has 16 unspecified atom stereocenters. The smallest absolute Gasteiger partial charge is 0.169 e. The predicted octanol–water partition coefficient (Wildman–Crippen LogP) is 24.8. The molecule has 6 heteroatoms. The van der Waals surface area contributed by atoms with Crippen molar-refractivity contribution in [2.75, 3.05) is 0 Å². The molecule has 0 amide bonds. The van der Waals surface area contributed by atoms with Gasteiger partial charge in [-0.05, 0) is 235 Å². The van der Waals surface area contributed by atoms with Crippen molar-refractivity contribution >= 4 is 0 Å². The highest BCUT2D eigenvalue weighted by Crippen LogP contribution is 2.57. The van der Waals surface area contributed by atoms with Crippen LogP contribution < -0.4 is 0 Å². The van der Waals surface area contributed by atoms with Crippen LogP contribution in [0.25, 0.3) is 0 Å². The predicted molar refractivity (Wildman–Crippen MR) is 351 cm³/mol. The normalized spacial score (nSPS) is 34.9. The van der Waals surface area contributed by atoms with Gasteiger partial charge in [0.15, 0.2) is 0 Å². The van der Waals surface area contributed by atoms with Crippen LogP contribution in [0.15, 0.2) is 84.5 Å². The van der Waals surface area contributed by atoms with Crippen LogP contribution in [0.5, 0.6) is 0 Å². The highest BCUT2D eigenvalue weighted by atomic mass is 19.4. The fraction of sp³-hybridized carbons (Fsp3) is 0.718. The molecule has 0 aromatic heterocycles. The summed E-state index contributed by atoms with van der Waals surface area (Å²) < 4.78 is 83.9. The summed E-state index contributed by atoms with van der Waals surface area (Å²) in [4.78, 5) is 0. The van der Waals surface area contributed by atoms with Crippen LogP contribution in [0.3, 0.4) is 0 Å². The van der Waals surface area contributed by atoms with Gasteiger partial charge in [-0.3, -0.25) is 0 Å². The van der Waals surface area contributed by atoms with Crippen LogP contribution in [0.2, 0.25) is 0 Å². The average molecular weight is 1170 g/mol. The van der Waals surface area contributed by atoms with Crippen LogP contribution in [0.4, 0.5) is 26.3 Å². The Balaban J connectivity index is 0.000000225. The molecule has 84 heavy (non-hydrogen) atoms. The Morgan fingerprint density at radius 2 is 0.762 bits per heavy atom. The second-order valence-electron chi connectivity index (χ2n) is 29.7.